The standard InChI is InChI=1S/C24H12Cl3F3O3/c25-14-2-6-19(27)17(12-14)22-9-10-23(33-22)20(31)7-3-15-4-8-21(32-15)16-11-13(24(28,29)30)1-5-18(16)26/h1-12H. The van der Waals surface area contributed by atoms with Crippen molar-refractivity contribution >= 4 is 46.7 Å². The summed E-state index contributed by atoms with van der Waals surface area (Å²) in [5.41, 5.74) is -0.216. The average molecular weight is 512 g/mol. The summed E-state index contributed by atoms with van der Waals surface area (Å²) in [6.45, 7) is 0. The molecular weight excluding hydrogens is 500 g/mol. The predicted octanol–water partition coefficient (Wildman–Crippen LogP) is 9.08. The zero-order valence-corrected chi connectivity index (χ0v) is 18.7. The van der Waals surface area contributed by atoms with Crippen LogP contribution in [0.25, 0.3) is 28.7 Å². The van der Waals surface area contributed by atoms with Crippen LogP contribution in [-0.2, 0) is 6.18 Å². The smallest absolute Gasteiger partial charge is 0.416 e. The van der Waals surface area contributed by atoms with Crippen molar-refractivity contribution in [3.05, 3.63) is 98.9 Å². The molecule has 0 unspecified atom stereocenters. The van der Waals surface area contributed by atoms with Crippen molar-refractivity contribution in [1.29, 1.82) is 0 Å². The Morgan fingerprint density at radius 2 is 1.42 bits per heavy atom. The number of hydrogen-bond donors (Lipinski definition) is 0. The highest BCUT2D eigenvalue weighted by Crippen LogP contribution is 2.37. The van der Waals surface area contributed by atoms with Crippen LogP contribution in [0.1, 0.15) is 21.9 Å². The Morgan fingerprint density at radius 3 is 2.15 bits per heavy atom. The van der Waals surface area contributed by atoms with Crippen molar-refractivity contribution < 1.29 is 26.8 Å². The molecule has 3 nitrogen and oxygen atoms in total. The zero-order valence-electron chi connectivity index (χ0n) is 16.4. The highest BCUT2D eigenvalue weighted by molar-refractivity contribution is 6.35. The minimum absolute atomic E-state index is 0.0602. The number of hydrogen-bond acceptors (Lipinski definition) is 3. The van der Waals surface area contributed by atoms with Gasteiger partial charge in [-0.3, -0.25) is 4.79 Å². The number of rotatable bonds is 5. The maximum Gasteiger partial charge on any atom is 0.416 e. The van der Waals surface area contributed by atoms with Crippen molar-refractivity contribution in [2.24, 2.45) is 0 Å². The Labute approximate surface area is 201 Å². The minimum Gasteiger partial charge on any atom is -0.457 e. The van der Waals surface area contributed by atoms with Gasteiger partial charge in [-0.2, -0.15) is 13.2 Å². The van der Waals surface area contributed by atoms with Crippen molar-refractivity contribution in [2.45, 2.75) is 6.18 Å². The normalized spacial score (nSPS) is 11.9. The van der Waals surface area contributed by atoms with E-state index in [1.807, 2.05) is 0 Å². The molecule has 2 aromatic heterocycles. The number of halogens is 6. The van der Waals surface area contributed by atoms with Crippen LogP contribution in [-0.4, -0.2) is 5.78 Å². The maximum absolute atomic E-state index is 13.0. The van der Waals surface area contributed by atoms with E-state index in [4.69, 9.17) is 43.6 Å². The molecule has 2 heterocycles. The lowest BCUT2D eigenvalue weighted by Crippen LogP contribution is -2.04. The highest BCUT2D eigenvalue weighted by Gasteiger charge is 2.31. The monoisotopic (exact) mass is 510 g/mol. The Bertz CT molecular complexity index is 1370. The van der Waals surface area contributed by atoms with Crippen molar-refractivity contribution in [3.63, 3.8) is 0 Å². The van der Waals surface area contributed by atoms with E-state index in [1.165, 1.54) is 30.4 Å². The van der Waals surface area contributed by atoms with E-state index >= 15 is 0 Å². The van der Waals surface area contributed by atoms with Crippen LogP contribution in [0.2, 0.25) is 15.1 Å². The first-order chi connectivity index (χ1) is 15.6. The molecule has 168 valence electrons. The van der Waals surface area contributed by atoms with Crippen LogP contribution >= 0.6 is 34.8 Å². The third-order valence-electron chi connectivity index (χ3n) is 4.63. The summed E-state index contributed by atoms with van der Waals surface area (Å²) in [5.74, 6) is 0.365. The lowest BCUT2D eigenvalue weighted by atomic mass is 10.1. The van der Waals surface area contributed by atoms with E-state index in [-0.39, 0.29) is 27.9 Å². The average Bonchev–Trinajstić information content (AvgIpc) is 3.43. The molecule has 0 spiro atoms. The third-order valence-corrected chi connectivity index (χ3v) is 5.52. The summed E-state index contributed by atoms with van der Waals surface area (Å²) in [6.07, 6.45) is -1.92. The predicted molar refractivity (Wildman–Crippen MR) is 122 cm³/mol. The number of carbonyl (C=O) groups excluding carboxylic acids is 1. The van der Waals surface area contributed by atoms with Crippen molar-refractivity contribution in [3.8, 4) is 22.6 Å². The Hall–Kier alpha value is -2.93. The van der Waals surface area contributed by atoms with E-state index in [1.54, 1.807) is 24.3 Å². The van der Waals surface area contributed by atoms with Crippen LogP contribution in [0, 0.1) is 0 Å². The fraction of sp³-hybridized carbons (Fsp3) is 0.0417. The molecular formula is C24H12Cl3F3O3. The Morgan fingerprint density at radius 1 is 0.788 bits per heavy atom. The molecule has 0 atom stereocenters. The largest absolute Gasteiger partial charge is 0.457 e. The van der Waals surface area contributed by atoms with Gasteiger partial charge in [0, 0.05) is 16.1 Å². The molecule has 4 rings (SSSR count). The topological polar surface area (TPSA) is 43.4 Å². The molecule has 9 heteroatoms. The lowest BCUT2D eigenvalue weighted by molar-refractivity contribution is -0.137. The molecule has 0 radical (unpaired) electrons. The number of benzene rings is 2. The first kappa shape index (κ1) is 23.2. The van der Waals surface area contributed by atoms with Crippen molar-refractivity contribution in [2.75, 3.05) is 0 Å². The summed E-state index contributed by atoms with van der Waals surface area (Å²) in [5, 5.41) is 0.986. The molecule has 0 N–H and O–H groups in total. The molecule has 0 saturated heterocycles. The number of ketones is 1. The van der Waals surface area contributed by atoms with Gasteiger partial charge in [0.05, 0.1) is 15.6 Å². The second kappa shape index (κ2) is 9.14. The van der Waals surface area contributed by atoms with Gasteiger partial charge in [-0.1, -0.05) is 34.8 Å². The first-order valence-corrected chi connectivity index (χ1v) is 10.5. The van der Waals surface area contributed by atoms with Crippen LogP contribution in [0.15, 0.2) is 75.6 Å². The van der Waals surface area contributed by atoms with Gasteiger partial charge in [-0.05, 0) is 72.8 Å². The van der Waals surface area contributed by atoms with Crippen LogP contribution in [0.4, 0.5) is 13.2 Å². The van der Waals surface area contributed by atoms with Gasteiger partial charge in [-0.15, -0.1) is 0 Å². The van der Waals surface area contributed by atoms with E-state index in [9.17, 15) is 18.0 Å². The van der Waals surface area contributed by atoms with Crippen LogP contribution < -0.4 is 0 Å². The molecule has 0 fully saturated rings. The van der Waals surface area contributed by atoms with Crippen molar-refractivity contribution in [1.82, 2.24) is 0 Å². The lowest BCUT2D eigenvalue weighted by Gasteiger charge is -2.09. The van der Waals surface area contributed by atoms with Gasteiger partial charge in [0.15, 0.2) is 5.76 Å². The summed E-state index contributed by atoms with van der Waals surface area (Å²) in [7, 11) is 0. The van der Waals surface area contributed by atoms with Gasteiger partial charge in [0.2, 0.25) is 5.78 Å². The zero-order chi connectivity index (χ0) is 23.8. The molecule has 2 aromatic carbocycles. The summed E-state index contributed by atoms with van der Waals surface area (Å²) in [6, 6.07) is 13.9. The van der Waals surface area contributed by atoms with Crippen LogP contribution in [0.3, 0.4) is 0 Å². The number of carbonyl (C=O) groups is 1. The molecule has 0 aliphatic rings. The van der Waals surface area contributed by atoms with Gasteiger partial charge in [-0.25, -0.2) is 0 Å². The molecule has 33 heavy (non-hydrogen) atoms. The fourth-order valence-electron chi connectivity index (χ4n) is 3.02. The highest BCUT2D eigenvalue weighted by atomic mass is 35.5. The van der Waals surface area contributed by atoms with E-state index in [0.29, 0.717) is 21.4 Å². The van der Waals surface area contributed by atoms with Crippen LogP contribution in [0.5, 0.6) is 0 Å². The van der Waals surface area contributed by atoms with Gasteiger partial charge in [0.25, 0.3) is 0 Å². The number of alkyl halides is 3. The van der Waals surface area contributed by atoms with E-state index < -0.39 is 17.5 Å². The fourth-order valence-corrected chi connectivity index (χ4v) is 3.61. The molecule has 0 saturated carbocycles. The van der Waals surface area contributed by atoms with Gasteiger partial charge < -0.3 is 8.83 Å². The SMILES string of the molecule is O=C(C=Cc1ccc(-c2cc(C(F)(F)F)ccc2Cl)o1)c1ccc(-c2cc(Cl)ccc2Cl)o1. The van der Waals surface area contributed by atoms with Gasteiger partial charge in [0.1, 0.15) is 17.3 Å². The maximum atomic E-state index is 13.0. The second-order valence-corrected chi connectivity index (χ2v) is 8.13. The summed E-state index contributed by atoms with van der Waals surface area (Å²) >= 11 is 18.2. The van der Waals surface area contributed by atoms with E-state index in [2.05, 4.69) is 0 Å². The Balaban J connectivity index is 1.53. The molecule has 0 aliphatic carbocycles. The quantitative estimate of drug-likeness (QED) is 0.198. The molecule has 0 bridgehead atoms. The molecule has 0 amide bonds. The van der Waals surface area contributed by atoms with Gasteiger partial charge >= 0.3 is 6.18 Å². The minimum atomic E-state index is -4.52. The van der Waals surface area contributed by atoms with E-state index in [0.717, 1.165) is 18.2 Å². The molecule has 4 aromatic rings. The number of furan rings is 2. The third kappa shape index (κ3) is 5.19. The summed E-state index contributed by atoms with van der Waals surface area (Å²) < 4.78 is 50.1. The number of allylic oxidation sites excluding steroid dienone is 1. The summed E-state index contributed by atoms with van der Waals surface area (Å²) in [4.78, 5) is 12.5. The second-order valence-electron chi connectivity index (χ2n) is 6.88. The first-order valence-electron chi connectivity index (χ1n) is 9.36. The molecule has 0 aliphatic heterocycles. The Kier molecular flexibility index (Phi) is 6.43.